The Bertz CT molecular complexity index is 385. The van der Waals surface area contributed by atoms with Crippen LogP contribution in [0.4, 0.5) is 0 Å². The summed E-state index contributed by atoms with van der Waals surface area (Å²) in [5.41, 5.74) is 1.05. The Morgan fingerprint density at radius 2 is 2.06 bits per heavy atom. The van der Waals surface area contributed by atoms with E-state index >= 15 is 0 Å². The predicted octanol–water partition coefficient (Wildman–Crippen LogP) is 1.66. The van der Waals surface area contributed by atoms with Gasteiger partial charge in [-0.25, -0.2) is 0 Å². The molecule has 0 atom stereocenters. The van der Waals surface area contributed by atoms with E-state index in [1.54, 1.807) is 26.2 Å². The molecule has 1 rings (SSSR count). The summed E-state index contributed by atoms with van der Waals surface area (Å²) in [6.45, 7) is 0.667. The summed E-state index contributed by atoms with van der Waals surface area (Å²) in [4.78, 5) is 1.58. The Hall–Kier alpha value is -1.89. The van der Waals surface area contributed by atoms with Crippen LogP contribution in [0.3, 0.4) is 0 Å². The lowest BCUT2D eigenvalue weighted by atomic mass is 10.1. The second-order valence-electron chi connectivity index (χ2n) is 3.45. The highest BCUT2D eigenvalue weighted by molar-refractivity contribution is 5.40. The molecular weight excluding hydrogens is 204 g/mol. The molecule has 16 heavy (non-hydrogen) atoms. The van der Waals surface area contributed by atoms with Crippen molar-refractivity contribution < 1.29 is 9.47 Å². The normalized spacial score (nSPS) is 9.38. The van der Waals surface area contributed by atoms with Gasteiger partial charge in [0, 0.05) is 13.6 Å². The minimum Gasteiger partial charge on any atom is -0.497 e. The molecule has 0 amide bonds. The highest BCUT2D eigenvalue weighted by Crippen LogP contribution is 2.24. The summed E-state index contributed by atoms with van der Waals surface area (Å²) in [5.74, 6) is 1.63. The Balaban J connectivity index is 2.79. The number of nitriles is 1. The van der Waals surface area contributed by atoms with Crippen LogP contribution in [-0.2, 0) is 6.42 Å². The summed E-state index contributed by atoms with van der Waals surface area (Å²) in [5, 5.41) is 8.66. The van der Waals surface area contributed by atoms with Crippen LogP contribution in [0.1, 0.15) is 5.56 Å². The molecule has 4 heteroatoms. The van der Waals surface area contributed by atoms with Crippen molar-refractivity contribution in [1.29, 1.82) is 5.26 Å². The second-order valence-corrected chi connectivity index (χ2v) is 3.45. The number of nitrogens with zero attached hydrogens (tertiary/aromatic N) is 2. The van der Waals surface area contributed by atoms with Crippen LogP contribution in [0.25, 0.3) is 0 Å². The molecule has 0 fully saturated rings. The molecule has 1 aromatic rings. The van der Waals surface area contributed by atoms with Gasteiger partial charge in [0.1, 0.15) is 11.5 Å². The SMILES string of the molecule is COc1ccc(OC)c(CCN(C)C#N)c1. The van der Waals surface area contributed by atoms with Crippen molar-refractivity contribution in [2.75, 3.05) is 27.8 Å². The van der Waals surface area contributed by atoms with Crippen LogP contribution in [0.2, 0.25) is 0 Å². The quantitative estimate of drug-likeness (QED) is 0.559. The largest absolute Gasteiger partial charge is 0.497 e. The lowest BCUT2D eigenvalue weighted by Gasteiger charge is -2.12. The summed E-state index contributed by atoms with van der Waals surface area (Å²) in [6.07, 6.45) is 2.82. The average molecular weight is 220 g/mol. The van der Waals surface area contributed by atoms with Crippen molar-refractivity contribution in [3.63, 3.8) is 0 Å². The monoisotopic (exact) mass is 220 g/mol. The molecule has 0 aliphatic rings. The third kappa shape index (κ3) is 3.06. The van der Waals surface area contributed by atoms with E-state index in [0.717, 1.165) is 23.5 Å². The molecule has 0 aliphatic carbocycles. The third-order valence-electron chi connectivity index (χ3n) is 2.37. The van der Waals surface area contributed by atoms with Crippen molar-refractivity contribution in [3.05, 3.63) is 23.8 Å². The standard InChI is InChI=1S/C12H16N2O2/c1-14(9-13)7-6-10-8-11(15-2)4-5-12(10)16-3/h4-5,8H,6-7H2,1-3H3. The molecule has 4 nitrogen and oxygen atoms in total. The molecule has 0 radical (unpaired) electrons. The van der Waals surface area contributed by atoms with Crippen LogP contribution in [-0.4, -0.2) is 32.7 Å². The number of methoxy groups -OCH3 is 2. The Labute approximate surface area is 96.0 Å². The van der Waals surface area contributed by atoms with Crippen LogP contribution in [0.15, 0.2) is 18.2 Å². The van der Waals surface area contributed by atoms with Crippen molar-refractivity contribution in [1.82, 2.24) is 4.90 Å². The van der Waals surface area contributed by atoms with Crippen molar-refractivity contribution in [3.8, 4) is 17.7 Å². The van der Waals surface area contributed by atoms with E-state index in [2.05, 4.69) is 6.19 Å². The first-order valence-electron chi connectivity index (χ1n) is 5.03. The van der Waals surface area contributed by atoms with Crippen LogP contribution in [0, 0.1) is 11.5 Å². The Morgan fingerprint density at radius 1 is 1.31 bits per heavy atom. The molecule has 0 saturated heterocycles. The zero-order chi connectivity index (χ0) is 12.0. The molecule has 0 aromatic heterocycles. The number of hydrogen-bond donors (Lipinski definition) is 0. The molecule has 0 N–H and O–H groups in total. The molecule has 1 aromatic carbocycles. The summed E-state index contributed by atoms with van der Waals surface area (Å²) in [6, 6.07) is 5.67. The Morgan fingerprint density at radius 3 is 2.62 bits per heavy atom. The number of likely N-dealkylation sites (N-methyl/N-ethyl adjacent to an activating group) is 1. The number of hydrogen-bond acceptors (Lipinski definition) is 4. The number of rotatable bonds is 5. The first-order valence-corrected chi connectivity index (χ1v) is 5.03. The smallest absolute Gasteiger partial charge is 0.179 e. The van der Waals surface area contributed by atoms with Gasteiger partial charge in [0.25, 0.3) is 0 Å². The van der Waals surface area contributed by atoms with E-state index in [0.29, 0.717) is 6.54 Å². The van der Waals surface area contributed by atoms with Crippen molar-refractivity contribution >= 4 is 0 Å². The van der Waals surface area contributed by atoms with Crippen LogP contribution in [0.5, 0.6) is 11.5 Å². The van der Waals surface area contributed by atoms with Crippen LogP contribution >= 0.6 is 0 Å². The van der Waals surface area contributed by atoms with Gasteiger partial charge in [0.05, 0.1) is 14.2 Å². The highest BCUT2D eigenvalue weighted by Gasteiger charge is 2.05. The average Bonchev–Trinajstić information content (AvgIpc) is 2.35. The first-order chi connectivity index (χ1) is 7.71. The fourth-order valence-electron chi connectivity index (χ4n) is 1.42. The Kier molecular flexibility index (Phi) is 4.46. The van der Waals surface area contributed by atoms with Gasteiger partial charge >= 0.3 is 0 Å². The van der Waals surface area contributed by atoms with Gasteiger partial charge in [-0.1, -0.05) is 0 Å². The molecule has 86 valence electrons. The fourth-order valence-corrected chi connectivity index (χ4v) is 1.42. The maximum atomic E-state index is 8.66. The van der Waals surface area contributed by atoms with Gasteiger partial charge in [-0.05, 0) is 30.2 Å². The van der Waals surface area contributed by atoms with Gasteiger partial charge < -0.3 is 14.4 Å². The first kappa shape index (κ1) is 12.2. The molecule has 0 bridgehead atoms. The van der Waals surface area contributed by atoms with E-state index in [-0.39, 0.29) is 0 Å². The zero-order valence-electron chi connectivity index (χ0n) is 9.86. The minimum atomic E-state index is 0.667. The van der Waals surface area contributed by atoms with Gasteiger partial charge in [0.15, 0.2) is 6.19 Å². The molecular formula is C12H16N2O2. The van der Waals surface area contributed by atoms with Gasteiger partial charge in [0.2, 0.25) is 0 Å². The fraction of sp³-hybridized carbons (Fsp3) is 0.417. The maximum Gasteiger partial charge on any atom is 0.179 e. The van der Waals surface area contributed by atoms with E-state index in [1.807, 2.05) is 18.2 Å². The lowest BCUT2D eigenvalue weighted by Crippen LogP contribution is -2.15. The topological polar surface area (TPSA) is 45.5 Å². The van der Waals surface area contributed by atoms with E-state index in [4.69, 9.17) is 14.7 Å². The van der Waals surface area contributed by atoms with E-state index in [1.165, 1.54) is 0 Å². The zero-order valence-corrected chi connectivity index (χ0v) is 9.86. The predicted molar refractivity (Wildman–Crippen MR) is 61.5 cm³/mol. The van der Waals surface area contributed by atoms with E-state index < -0.39 is 0 Å². The van der Waals surface area contributed by atoms with E-state index in [9.17, 15) is 0 Å². The minimum absolute atomic E-state index is 0.667. The molecule has 0 saturated carbocycles. The second kappa shape index (κ2) is 5.86. The van der Waals surface area contributed by atoms with Gasteiger partial charge in [-0.15, -0.1) is 0 Å². The van der Waals surface area contributed by atoms with Gasteiger partial charge in [-0.2, -0.15) is 5.26 Å². The van der Waals surface area contributed by atoms with Crippen molar-refractivity contribution in [2.24, 2.45) is 0 Å². The number of benzene rings is 1. The summed E-state index contributed by atoms with van der Waals surface area (Å²) < 4.78 is 10.4. The molecule has 0 heterocycles. The molecule has 0 aliphatic heterocycles. The third-order valence-corrected chi connectivity index (χ3v) is 2.37. The van der Waals surface area contributed by atoms with Crippen LogP contribution < -0.4 is 9.47 Å². The van der Waals surface area contributed by atoms with Gasteiger partial charge in [-0.3, -0.25) is 0 Å². The maximum absolute atomic E-state index is 8.66. The number of ether oxygens (including phenoxy) is 2. The molecule has 0 spiro atoms. The highest BCUT2D eigenvalue weighted by atomic mass is 16.5. The lowest BCUT2D eigenvalue weighted by molar-refractivity contribution is 0.395. The molecule has 0 unspecified atom stereocenters. The summed E-state index contributed by atoms with van der Waals surface area (Å²) >= 11 is 0. The van der Waals surface area contributed by atoms with Crippen molar-refractivity contribution in [2.45, 2.75) is 6.42 Å². The summed E-state index contributed by atoms with van der Waals surface area (Å²) in [7, 11) is 5.03.